The summed E-state index contributed by atoms with van der Waals surface area (Å²) >= 11 is 0. The molecule has 2 heteroatoms. The van der Waals surface area contributed by atoms with Crippen molar-refractivity contribution >= 4 is 5.57 Å². The van der Waals surface area contributed by atoms with Crippen LogP contribution in [0.2, 0.25) is 0 Å². The van der Waals surface area contributed by atoms with E-state index in [9.17, 15) is 0 Å². The summed E-state index contributed by atoms with van der Waals surface area (Å²) in [5, 5.41) is 3.15. The largest absolute Gasteiger partial charge is 0.490 e. The first-order valence-corrected chi connectivity index (χ1v) is 6.38. The molecule has 2 nitrogen and oxygen atoms in total. The van der Waals surface area contributed by atoms with Gasteiger partial charge in [-0.15, -0.1) is 0 Å². The van der Waals surface area contributed by atoms with Gasteiger partial charge in [0.1, 0.15) is 5.75 Å². The topological polar surface area (TPSA) is 21.3 Å². The van der Waals surface area contributed by atoms with Gasteiger partial charge in [-0.05, 0) is 63.0 Å². The molecule has 92 valence electrons. The van der Waals surface area contributed by atoms with E-state index in [-0.39, 0.29) is 0 Å². The fourth-order valence-electron chi connectivity index (χ4n) is 1.73. The van der Waals surface area contributed by atoms with Crippen LogP contribution in [-0.4, -0.2) is 19.7 Å². The number of allylic oxidation sites excluding steroid dienone is 1. The Morgan fingerprint density at radius 1 is 1.35 bits per heavy atom. The van der Waals surface area contributed by atoms with Crippen molar-refractivity contribution in [3.05, 3.63) is 35.9 Å². The van der Waals surface area contributed by atoms with Gasteiger partial charge in [0.15, 0.2) is 0 Å². The maximum atomic E-state index is 5.73. The lowest BCUT2D eigenvalue weighted by atomic mass is 10.1. The summed E-state index contributed by atoms with van der Waals surface area (Å²) in [6.07, 6.45) is 6.25. The summed E-state index contributed by atoms with van der Waals surface area (Å²) in [6.45, 7) is 3.19. The fraction of sp³-hybridized carbons (Fsp3) is 0.467. The average molecular weight is 231 g/mol. The van der Waals surface area contributed by atoms with Crippen LogP contribution >= 0.6 is 0 Å². The van der Waals surface area contributed by atoms with Crippen molar-refractivity contribution < 1.29 is 4.74 Å². The Bertz CT molecular complexity index is 376. The molecule has 0 radical (unpaired) electrons. The minimum Gasteiger partial charge on any atom is -0.490 e. The Balaban J connectivity index is 1.93. The molecule has 0 amide bonds. The van der Waals surface area contributed by atoms with Crippen LogP contribution < -0.4 is 10.1 Å². The number of ether oxygens (including phenoxy) is 1. The highest BCUT2D eigenvalue weighted by Gasteiger charge is 2.23. The van der Waals surface area contributed by atoms with Crippen LogP contribution in [0.5, 0.6) is 5.75 Å². The molecule has 0 bridgehead atoms. The SMILES string of the molecule is CNCC/C=C(/C)c1ccc(OC2CC2)cc1. The highest BCUT2D eigenvalue weighted by molar-refractivity contribution is 5.64. The zero-order chi connectivity index (χ0) is 12.1. The predicted molar refractivity (Wildman–Crippen MR) is 72.3 cm³/mol. The van der Waals surface area contributed by atoms with E-state index in [0.29, 0.717) is 6.10 Å². The average Bonchev–Trinajstić information content (AvgIpc) is 3.14. The second-order valence-electron chi connectivity index (χ2n) is 4.62. The molecule has 1 fully saturated rings. The standard InChI is InChI=1S/C15H21NO/c1-12(4-3-11-16-2)13-5-7-14(8-6-13)17-15-9-10-15/h4-8,15-16H,3,9-11H2,1-2H3/b12-4-. The van der Waals surface area contributed by atoms with Gasteiger partial charge < -0.3 is 10.1 Å². The zero-order valence-electron chi connectivity index (χ0n) is 10.7. The molecule has 2 rings (SSSR count). The molecule has 1 aromatic carbocycles. The van der Waals surface area contributed by atoms with Crippen molar-refractivity contribution in [3.63, 3.8) is 0 Å². The molecule has 1 aromatic rings. The maximum Gasteiger partial charge on any atom is 0.119 e. The molecule has 0 aromatic heterocycles. The lowest BCUT2D eigenvalue weighted by Crippen LogP contribution is -2.05. The van der Waals surface area contributed by atoms with Gasteiger partial charge in [-0.2, -0.15) is 0 Å². The van der Waals surface area contributed by atoms with Crippen molar-refractivity contribution in [1.82, 2.24) is 5.32 Å². The van der Waals surface area contributed by atoms with Crippen LogP contribution in [0.15, 0.2) is 30.3 Å². The highest BCUT2D eigenvalue weighted by Crippen LogP contribution is 2.27. The summed E-state index contributed by atoms with van der Waals surface area (Å²) in [6, 6.07) is 8.43. The monoisotopic (exact) mass is 231 g/mol. The van der Waals surface area contributed by atoms with E-state index in [1.54, 1.807) is 0 Å². The Morgan fingerprint density at radius 2 is 2.06 bits per heavy atom. The van der Waals surface area contributed by atoms with Gasteiger partial charge in [-0.1, -0.05) is 18.2 Å². The van der Waals surface area contributed by atoms with Crippen molar-refractivity contribution in [1.29, 1.82) is 0 Å². The smallest absolute Gasteiger partial charge is 0.119 e. The van der Waals surface area contributed by atoms with Crippen molar-refractivity contribution in [3.8, 4) is 5.75 Å². The van der Waals surface area contributed by atoms with E-state index in [1.165, 1.54) is 24.0 Å². The van der Waals surface area contributed by atoms with E-state index in [2.05, 4.69) is 42.6 Å². The summed E-state index contributed by atoms with van der Waals surface area (Å²) in [5.74, 6) is 0.999. The third kappa shape index (κ3) is 3.90. The van der Waals surface area contributed by atoms with Gasteiger partial charge in [0, 0.05) is 0 Å². The number of rotatable bonds is 6. The quantitative estimate of drug-likeness (QED) is 0.759. The third-order valence-corrected chi connectivity index (χ3v) is 2.98. The third-order valence-electron chi connectivity index (χ3n) is 2.98. The van der Waals surface area contributed by atoms with Gasteiger partial charge in [0.05, 0.1) is 6.10 Å². The Morgan fingerprint density at radius 3 is 2.65 bits per heavy atom. The molecule has 0 saturated heterocycles. The van der Waals surface area contributed by atoms with E-state index in [1.807, 2.05) is 7.05 Å². The molecule has 0 unspecified atom stereocenters. The minimum atomic E-state index is 0.480. The fourth-order valence-corrected chi connectivity index (χ4v) is 1.73. The molecular formula is C15H21NO. The Hall–Kier alpha value is -1.28. The van der Waals surface area contributed by atoms with Gasteiger partial charge in [0.2, 0.25) is 0 Å². The van der Waals surface area contributed by atoms with E-state index in [4.69, 9.17) is 4.74 Å². The molecule has 0 heterocycles. The van der Waals surface area contributed by atoms with Crippen LogP contribution in [0.25, 0.3) is 5.57 Å². The summed E-state index contributed by atoms with van der Waals surface area (Å²) in [5.41, 5.74) is 2.61. The van der Waals surface area contributed by atoms with Crippen molar-refractivity contribution in [2.75, 3.05) is 13.6 Å². The first-order chi connectivity index (χ1) is 8.29. The molecule has 1 N–H and O–H groups in total. The first kappa shape index (κ1) is 12.2. The highest BCUT2D eigenvalue weighted by atomic mass is 16.5. The molecule has 0 atom stereocenters. The normalized spacial score (nSPS) is 16.0. The second-order valence-corrected chi connectivity index (χ2v) is 4.62. The molecular weight excluding hydrogens is 210 g/mol. The van der Waals surface area contributed by atoms with Gasteiger partial charge in [0.25, 0.3) is 0 Å². The number of nitrogens with one attached hydrogen (secondary N) is 1. The summed E-state index contributed by atoms with van der Waals surface area (Å²) < 4.78 is 5.73. The molecule has 0 aliphatic heterocycles. The molecule has 1 saturated carbocycles. The summed E-state index contributed by atoms with van der Waals surface area (Å²) in [7, 11) is 1.98. The second kappa shape index (κ2) is 5.87. The predicted octanol–water partition coefficient (Wildman–Crippen LogP) is 3.24. The van der Waals surface area contributed by atoms with Crippen LogP contribution in [0.3, 0.4) is 0 Å². The first-order valence-electron chi connectivity index (χ1n) is 6.38. The van der Waals surface area contributed by atoms with Gasteiger partial charge >= 0.3 is 0 Å². The lowest BCUT2D eigenvalue weighted by Gasteiger charge is -2.06. The van der Waals surface area contributed by atoms with Gasteiger partial charge in [-0.25, -0.2) is 0 Å². The maximum absolute atomic E-state index is 5.73. The Kier molecular flexibility index (Phi) is 4.21. The van der Waals surface area contributed by atoms with Crippen LogP contribution in [0.4, 0.5) is 0 Å². The van der Waals surface area contributed by atoms with Crippen LogP contribution in [0.1, 0.15) is 31.7 Å². The van der Waals surface area contributed by atoms with E-state index in [0.717, 1.165) is 18.7 Å². The Labute approximate surface area is 104 Å². The number of benzene rings is 1. The van der Waals surface area contributed by atoms with Crippen molar-refractivity contribution in [2.45, 2.75) is 32.3 Å². The van der Waals surface area contributed by atoms with Crippen LogP contribution in [-0.2, 0) is 0 Å². The molecule has 17 heavy (non-hydrogen) atoms. The molecule has 1 aliphatic carbocycles. The molecule has 0 spiro atoms. The molecule has 1 aliphatic rings. The lowest BCUT2D eigenvalue weighted by molar-refractivity contribution is 0.303. The van der Waals surface area contributed by atoms with Crippen molar-refractivity contribution in [2.24, 2.45) is 0 Å². The number of hydrogen-bond donors (Lipinski definition) is 1. The van der Waals surface area contributed by atoms with E-state index < -0.39 is 0 Å². The van der Waals surface area contributed by atoms with Gasteiger partial charge in [-0.3, -0.25) is 0 Å². The summed E-state index contributed by atoms with van der Waals surface area (Å²) in [4.78, 5) is 0. The number of hydrogen-bond acceptors (Lipinski definition) is 2. The minimum absolute atomic E-state index is 0.480. The van der Waals surface area contributed by atoms with Crippen LogP contribution in [0, 0.1) is 0 Å². The zero-order valence-corrected chi connectivity index (χ0v) is 10.7. The van der Waals surface area contributed by atoms with E-state index >= 15 is 0 Å².